The van der Waals surface area contributed by atoms with Crippen LogP contribution in [0, 0.1) is 0 Å². The van der Waals surface area contributed by atoms with E-state index in [1.54, 1.807) is 12.1 Å². The molecule has 1 aromatic rings. The van der Waals surface area contributed by atoms with Crippen LogP contribution in [0.5, 0.6) is 11.5 Å². The van der Waals surface area contributed by atoms with E-state index in [2.05, 4.69) is 15.9 Å². The van der Waals surface area contributed by atoms with Crippen molar-refractivity contribution in [3.05, 3.63) is 22.7 Å². The Morgan fingerprint density at radius 1 is 1.03 bits per heavy atom. The summed E-state index contributed by atoms with van der Waals surface area (Å²) in [7, 11) is 1.41. The fourth-order valence-electron chi connectivity index (χ4n) is 2.82. The lowest BCUT2D eigenvalue weighted by atomic mass is 9.99. The Morgan fingerprint density at radius 2 is 1.67 bits per heavy atom. The summed E-state index contributed by atoms with van der Waals surface area (Å²) in [6.45, 7) is 2.99. The zero-order chi connectivity index (χ0) is 22.4. The summed E-state index contributed by atoms with van der Waals surface area (Å²) in [5.41, 5.74) is 0. The SMILES string of the molecule is COc1cc(Br)ccc1OC1OC(COC(C)=O)C(OC(C)=O)C(OC(C)=O)C1F. The van der Waals surface area contributed by atoms with Crippen LogP contribution in [-0.4, -0.2) is 62.4 Å². The Morgan fingerprint density at radius 3 is 2.23 bits per heavy atom. The summed E-state index contributed by atoms with van der Waals surface area (Å²) in [5.74, 6) is -1.73. The van der Waals surface area contributed by atoms with Crippen molar-refractivity contribution in [2.75, 3.05) is 13.7 Å². The van der Waals surface area contributed by atoms with E-state index in [0.29, 0.717) is 10.2 Å². The van der Waals surface area contributed by atoms with E-state index < -0.39 is 48.7 Å². The monoisotopic (exact) mass is 492 g/mol. The van der Waals surface area contributed by atoms with Crippen LogP contribution in [0.1, 0.15) is 20.8 Å². The van der Waals surface area contributed by atoms with Gasteiger partial charge in [0.05, 0.1) is 7.11 Å². The number of hydrogen-bond donors (Lipinski definition) is 0. The first-order valence-corrected chi connectivity index (χ1v) is 9.69. The molecule has 1 aliphatic rings. The Balaban J connectivity index is 2.35. The number of esters is 3. The number of ether oxygens (including phenoxy) is 6. The molecule has 1 aromatic carbocycles. The second-order valence-electron chi connectivity index (χ2n) is 6.35. The summed E-state index contributed by atoms with van der Waals surface area (Å²) in [5, 5.41) is 0. The first-order valence-electron chi connectivity index (χ1n) is 8.90. The molecular formula is C19H22BrFO9. The Kier molecular flexibility index (Phi) is 8.42. The molecule has 5 unspecified atom stereocenters. The molecule has 11 heteroatoms. The minimum Gasteiger partial charge on any atom is -0.493 e. The number of hydrogen-bond acceptors (Lipinski definition) is 9. The average molecular weight is 493 g/mol. The maximum Gasteiger partial charge on any atom is 0.303 e. The molecule has 30 heavy (non-hydrogen) atoms. The molecule has 0 aromatic heterocycles. The molecule has 1 heterocycles. The number of carbonyl (C=O) groups is 3. The summed E-state index contributed by atoms with van der Waals surface area (Å²) in [6.07, 6.45) is -7.66. The van der Waals surface area contributed by atoms with Gasteiger partial charge in [0.15, 0.2) is 23.7 Å². The molecule has 0 amide bonds. The first-order chi connectivity index (χ1) is 14.1. The predicted molar refractivity (Wildman–Crippen MR) is 103 cm³/mol. The average Bonchev–Trinajstić information content (AvgIpc) is 2.66. The van der Waals surface area contributed by atoms with Crippen molar-refractivity contribution in [3.63, 3.8) is 0 Å². The van der Waals surface area contributed by atoms with Gasteiger partial charge in [-0.05, 0) is 18.2 Å². The topological polar surface area (TPSA) is 107 Å². The van der Waals surface area contributed by atoms with Crippen LogP contribution in [-0.2, 0) is 33.3 Å². The largest absolute Gasteiger partial charge is 0.493 e. The normalized spacial score (nSPS) is 25.7. The van der Waals surface area contributed by atoms with E-state index in [1.165, 1.54) is 20.1 Å². The number of halogens is 2. The lowest BCUT2D eigenvalue weighted by molar-refractivity contribution is -0.271. The van der Waals surface area contributed by atoms with E-state index in [-0.39, 0.29) is 12.4 Å². The van der Waals surface area contributed by atoms with Crippen LogP contribution >= 0.6 is 15.9 Å². The highest BCUT2D eigenvalue weighted by Gasteiger charge is 2.52. The molecule has 1 aliphatic heterocycles. The molecule has 2 rings (SSSR count). The van der Waals surface area contributed by atoms with Crippen molar-refractivity contribution in [2.24, 2.45) is 0 Å². The van der Waals surface area contributed by atoms with Gasteiger partial charge in [-0.25, -0.2) is 4.39 Å². The summed E-state index contributed by atoms with van der Waals surface area (Å²) < 4.78 is 47.5. The van der Waals surface area contributed by atoms with Gasteiger partial charge in [0, 0.05) is 25.2 Å². The molecule has 0 spiro atoms. The standard InChI is InChI=1S/C19H22BrFO9/c1-9(22)26-8-15-17(27-10(2)23)18(28-11(3)24)16(21)19(30-15)29-13-6-5-12(20)7-14(13)25-4/h5-7,15-19H,8H2,1-4H3. The maximum absolute atomic E-state index is 15.3. The van der Waals surface area contributed by atoms with E-state index in [0.717, 1.165) is 13.8 Å². The molecule has 0 bridgehead atoms. The van der Waals surface area contributed by atoms with Gasteiger partial charge in [-0.1, -0.05) is 15.9 Å². The van der Waals surface area contributed by atoms with Crippen molar-refractivity contribution in [1.82, 2.24) is 0 Å². The highest BCUT2D eigenvalue weighted by atomic mass is 79.9. The van der Waals surface area contributed by atoms with Crippen molar-refractivity contribution in [3.8, 4) is 11.5 Å². The number of benzene rings is 1. The van der Waals surface area contributed by atoms with E-state index in [1.807, 2.05) is 0 Å². The van der Waals surface area contributed by atoms with Gasteiger partial charge < -0.3 is 28.4 Å². The third kappa shape index (κ3) is 6.30. The minimum absolute atomic E-state index is 0.159. The number of rotatable bonds is 7. The van der Waals surface area contributed by atoms with Crippen LogP contribution in [0.15, 0.2) is 22.7 Å². The second kappa shape index (κ2) is 10.6. The van der Waals surface area contributed by atoms with Gasteiger partial charge in [-0.3, -0.25) is 14.4 Å². The third-order valence-corrected chi connectivity index (χ3v) is 4.49. The van der Waals surface area contributed by atoms with Crippen molar-refractivity contribution in [1.29, 1.82) is 0 Å². The van der Waals surface area contributed by atoms with Crippen LogP contribution in [0.3, 0.4) is 0 Å². The second-order valence-corrected chi connectivity index (χ2v) is 7.27. The quantitative estimate of drug-likeness (QED) is 0.418. The Hall–Kier alpha value is -2.40. The van der Waals surface area contributed by atoms with Crippen molar-refractivity contribution in [2.45, 2.75) is 51.5 Å². The van der Waals surface area contributed by atoms with E-state index in [4.69, 9.17) is 28.4 Å². The zero-order valence-corrected chi connectivity index (χ0v) is 18.3. The molecule has 0 radical (unpaired) electrons. The highest BCUT2D eigenvalue weighted by molar-refractivity contribution is 9.10. The number of alkyl halides is 1. The van der Waals surface area contributed by atoms with Crippen LogP contribution in [0.25, 0.3) is 0 Å². The first kappa shape index (κ1) is 23.9. The number of carbonyl (C=O) groups excluding carboxylic acids is 3. The third-order valence-electron chi connectivity index (χ3n) is 4.00. The van der Waals surface area contributed by atoms with Gasteiger partial charge in [0.1, 0.15) is 12.7 Å². The van der Waals surface area contributed by atoms with E-state index >= 15 is 4.39 Å². The van der Waals surface area contributed by atoms with Crippen LogP contribution in [0.2, 0.25) is 0 Å². The molecule has 9 nitrogen and oxygen atoms in total. The molecule has 1 saturated heterocycles. The van der Waals surface area contributed by atoms with Gasteiger partial charge in [0.25, 0.3) is 0 Å². The molecule has 1 fully saturated rings. The lowest BCUT2D eigenvalue weighted by Gasteiger charge is -2.41. The van der Waals surface area contributed by atoms with Gasteiger partial charge in [0.2, 0.25) is 12.5 Å². The molecule has 0 N–H and O–H groups in total. The molecule has 0 saturated carbocycles. The molecular weight excluding hydrogens is 471 g/mol. The molecule has 166 valence electrons. The molecule has 5 atom stereocenters. The Labute approximate surface area is 180 Å². The van der Waals surface area contributed by atoms with E-state index in [9.17, 15) is 14.4 Å². The van der Waals surface area contributed by atoms with Crippen molar-refractivity contribution >= 4 is 33.8 Å². The van der Waals surface area contributed by atoms with Crippen LogP contribution < -0.4 is 9.47 Å². The summed E-state index contributed by atoms with van der Waals surface area (Å²) >= 11 is 3.29. The highest BCUT2D eigenvalue weighted by Crippen LogP contribution is 2.35. The number of methoxy groups -OCH3 is 1. The van der Waals surface area contributed by atoms with Crippen LogP contribution in [0.4, 0.5) is 4.39 Å². The van der Waals surface area contributed by atoms with Gasteiger partial charge in [-0.15, -0.1) is 0 Å². The fourth-order valence-corrected chi connectivity index (χ4v) is 3.16. The molecule has 0 aliphatic carbocycles. The maximum atomic E-state index is 15.3. The lowest BCUT2D eigenvalue weighted by Crippen LogP contribution is -2.61. The fraction of sp³-hybridized carbons (Fsp3) is 0.526. The Bertz CT molecular complexity index is 787. The smallest absolute Gasteiger partial charge is 0.303 e. The minimum atomic E-state index is -2.03. The van der Waals surface area contributed by atoms with Gasteiger partial charge in [-0.2, -0.15) is 0 Å². The summed E-state index contributed by atoms with van der Waals surface area (Å²) in [6, 6.07) is 4.78. The predicted octanol–water partition coefficient (Wildman–Crippen LogP) is 2.33. The zero-order valence-electron chi connectivity index (χ0n) is 16.8. The van der Waals surface area contributed by atoms with Gasteiger partial charge >= 0.3 is 17.9 Å². The van der Waals surface area contributed by atoms with Crippen molar-refractivity contribution < 1.29 is 47.2 Å². The summed E-state index contributed by atoms with van der Waals surface area (Å²) in [4.78, 5) is 34.3.